The molecule has 1 unspecified atom stereocenters. The van der Waals surface area contributed by atoms with Crippen LogP contribution in [-0.4, -0.2) is 24.5 Å². The first-order valence-corrected chi connectivity index (χ1v) is 6.10. The molecule has 1 N–H and O–H groups in total. The fourth-order valence-corrected chi connectivity index (χ4v) is 2.33. The van der Waals surface area contributed by atoms with Gasteiger partial charge in [0.2, 0.25) is 0 Å². The van der Waals surface area contributed by atoms with E-state index in [0.717, 1.165) is 23.0 Å². The summed E-state index contributed by atoms with van der Waals surface area (Å²) in [7, 11) is 1.82. The highest BCUT2D eigenvalue weighted by molar-refractivity contribution is 9.10. The van der Waals surface area contributed by atoms with Crippen LogP contribution in [0.2, 0.25) is 0 Å². The molecule has 1 aliphatic rings. The minimum atomic E-state index is -0.257. The molecule has 1 saturated heterocycles. The number of halogens is 1. The predicted octanol–water partition coefficient (Wildman–Crippen LogP) is 2.71. The standard InChI is InChI=1S/C12H15BrN2O/c1-12(6-7-15(2)11(16)14-12)9-4-3-5-10(13)8-9/h3-5,8H,6-7H2,1-2H3,(H,14,16). The van der Waals surface area contributed by atoms with Gasteiger partial charge in [0.15, 0.2) is 0 Å². The van der Waals surface area contributed by atoms with Crippen molar-refractivity contribution in [1.82, 2.24) is 10.2 Å². The van der Waals surface area contributed by atoms with E-state index in [-0.39, 0.29) is 11.6 Å². The van der Waals surface area contributed by atoms with Gasteiger partial charge >= 0.3 is 6.03 Å². The monoisotopic (exact) mass is 282 g/mol. The van der Waals surface area contributed by atoms with Gasteiger partial charge in [0.25, 0.3) is 0 Å². The molecule has 0 aliphatic carbocycles. The zero-order valence-electron chi connectivity index (χ0n) is 9.46. The molecule has 1 fully saturated rings. The molecule has 1 aromatic rings. The third-order valence-corrected chi connectivity index (χ3v) is 3.63. The molecular weight excluding hydrogens is 268 g/mol. The fourth-order valence-electron chi connectivity index (χ4n) is 1.93. The zero-order chi connectivity index (χ0) is 11.8. The Kier molecular flexibility index (Phi) is 2.93. The molecule has 1 aliphatic heterocycles. The summed E-state index contributed by atoms with van der Waals surface area (Å²) in [5.41, 5.74) is 0.885. The molecule has 0 saturated carbocycles. The van der Waals surface area contributed by atoms with E-state index >= 15 is 0 Å². The lowest BCUT2D eigenvalue weighted by Gasteiger charge is -2.39. The van der Waals surface area contributed by atoms with Gasteiger partial charge in [-0.2, -0.15) is 0 Å². The first kappa shape index (κ1) is 11.5. The fraction of sp³-hybridized carbons (Fsp3) is 0.417. The highest BCUT2D eigenvalue weighted by Crippen LogP contribution is 2.29. The van der Waals surface area contributed by atoms with E-state index < -0.39 is 0 Å². The van der Waals surface area contributed by atoms with Crippen LogP contribution in [-0.2, 0) is 5.54 Å². The predicted molar refractivity (Wildman–Crippen MR) is 67.3 cm³/mol. The average molecular weight is 283 g/mol. The molecule has 0 bridgehead atoms. The second-order valence-electron chi connectivity index (χ2n) is 4.44. The van der Waals surface area contributed by atoms with Gasteiger partial charge in [0.1, 0.15) is 0 Å². The van der Waals surface area contributed by atoms with Crippen LogP contribution < -0.4 is 5.32 Å². The summed E-state index contributed by atoms with van der Waals surface area (Å²) in [6.07, 6.45) is 0.922. The van der Waals surface area contributed by atoms with Gasteiger partial charge in [-0.25, -0.2) is 4.79 Å². The van der Waals surface area contributed by atoms with Crippen molar-refractivity contribution in [2.24, 2.45) is 0 Å². The van der Waals surface area contributed by atoms with Crippen molar-refractivity contribution in [3.63, 3.8) is 0 Å². The van der Waals surface area contributed by atoms with Crippen molar-refractivity contribution < 1.29 is 4.79 Å². The summed E-state index contributed by atoms with van der Waals surface area (Å²) in [6, 6.07) is 8.09. The van der Waals surface area contributed by atoms with Crippen LogP contribution in [0.25, 0.3) is 0 Å². The van der Waals surface area contributed by atoms with Crippen LogP contribution >= 0.6 is 15.9 Å². The molecule has 16 heavy (non-hydrogen) atoms. The molecule has 3 nitrogen and oxygen atoms in total. The normalized spacial score (nSPS) is 25.4. The van der Waals surface area contributed by atoms with Gasteiger partial charge in [-0.15, -0.1) is 0 Å². The minimum absolute atomic E-state index is 0.00581. The van der Waals surface area contributed by atoms with Gasteiger partial charge in [0.05, 0.1) is 5.54 Å². The number of carbonyl (C=O) groups is 1. The van der Waals surface area contributed by atoms with Crippen LogP contribution in [0.3, 0.4) is 0 Å². The number of rotatable bonds is 1. The Morgan fingerprint density at radius 3 is 2.88 bits per heavy atom. The topological polar surface area (TPSA) is 32.3 Å². The van der Waals surface area contributed by atoms with Gasteiger partial charge in [-0.05, 0) is 31.0 Å². The second kappa shape index (κ2) is 4.09. The SMILES string of the molecule is CN1CCC(C)(c2cccc(Br)c2)NC1=O. The van der Waals surface area contributed by atoms with Crippen molar-refractivity contribution in [2.45, 2.75) is 18.9 Å². The summed E-state index contributed by atoms with van der Waals surface area (Å²) in [6.45, 7) is 2.86. The van der Waals surface area contributed by atoms with Gasteiger partial charge in [0, 0.05) is 18.1 Å². The summed E-state index contributed by atoms with van der Waals surface area (Å²) < 4.78 is 1.04. The highest BCUT2D eigenvalue weighted by Gasteiger charge is 2.34. The highest BCUT2D eigenvalue weighted by atomic mass is 79.9. The lowest BCUT2D eigenvalue weighted by atomic mass is 9.87. The Hall–Kier alpha value is -1.03. The molecule has 2 amide bonds. The molecule has 2 rings (SSSR count). The van der Waals surface area contributed by atoms with Gasteiger partial charge < -0.3 is 10.2 Å². The lowest BCUT2D eigenvalue weighted by molar-refractivity contribution is 0.164. The van der Waals surface area contributed by atoms with Gasteiger partial charge in [-0.3, -0.25) is 0 Å². The number of carbonyl (C=O) groups excluding carboxylic acids is 1. The second-order valence-corrected chi connectivity index (χ2v) is 5.36. The van der Waals surface area contributed by atoms with Crippen molar-refractivity contribution in [2.75, 3.05) is 13.6 Å². The molecule has 1 atom stereocenters. The summed E-state index contributed by atoms with van der Waals surface area (Å²) in [5, 5.41) is 3.05. The van der Waals surface area contributed by atoms with Crippen molar-refractivity contribution >= 4 is 22.0 Å². The Balaban J connectivity index is 2.29. The molecular formula is C12H15BrN2O. The number of nitrogens with zero attached hydrogens (tertiary/aromatic N) is 1. The van der Waals surface area contributed by atoms with Gasteiger partial charge in [-0.1, -0.05) is 28.1 Å². The quantitative estimate of drug-likeness (QED) is 0.844. The van der Waals surface area contributed by atoms with E-state index in [1.165, 1.54) is 0 Å². The van der Waals surface area contributed by atoms with Crippen molar-refractivity contribution in [1.29, 1.82) is 0 Å². The lowest BCUT2D eigenvalue weighted by Crippen LogP contribution is -2.55. The van der Waals surface area contributed by atoms with Crippen LogP contribution in [0.15, 0.2) is 28.7 Å². The number of benzene rings is 1. The zero-order valence-corrected chi connectivity index (χ0v) is 11.0. The number of urea groups is 1. The van der Waals surface area contributed by atoms with E-state index in [0.29, 0.717) is 0 Å². The number of hydrogen-bond acceptors (Lipinski definition) is 1. The first-order chi connectivity index (χ1) is 7.51. The molecule has 0 spiro atoms. The molecule has 1 aromatic carbocycles. The first-order valence-electron chi connectivity index (χ1n) is 5.31. The Bertz CT molecular complexity index is 421. The maximum Gasteiger partial charge on any atom is 0.317 e. The molecule has 0 aromatic heterocycles. The van der Waals surface area contributed by atoms with Crippen LogP contribution in [0.1, 0.15) is 18.9 Å². The number of amides is 2. The Morgan fingerprint density at radius 1 is 1.50 bits per heavy atom. The average Bonchev–Trinajstić information content (AvgIpc) is 2.24. The number of hydrogen-bond donors (Lipinski definition) is 1. The van der Waals surface area contributed by atoms with E-state index in [4.69, 9.17) is 0 Å². The Morgan fingerprint density at radius 2 is 2.25 bits per heavy atom. The summed E-state index contributed by atoms with van der Waals surface area (Å²) in [4.78, 5) is 13.4. The molecule has 4 heteroatoms. The summed E-state index contributed by atoms with van der Waals surface area (Å²) >= 11 is 3.46. The third-order valence-electron chi connectivity index (χ3n) is 3.14. The van der Waals surface area contributed by atoms with E-state index in [1.54, 1.807) is 4.90 Å². The van der Waals surface area contributed by atoms with E-state index in [9.17, 15) is 4.79 Å². The van der Waals surface area contributed by atoms with E-state index in [1.807, 2.05) is 19.2 Å². The third kappa shape index (κ3) is 2.07. The molecule has 86 valence electrons. The van der Waals surface area contributed by atoms with E-state index in [2.05, 4.69) is 40.3 Å². The largest absolute Gasteiger partial charge is 0.329 e. The maximum atomic E-state index is 11.7. The van der Waals surface area contributed by atoms with Crippen LogP contribution in [0.4, 0.5) is 4.79 Å². The minimum Gasteiger partial charge on any atom is -0.329 e. The van der Waals surface area contributed by atoms with Crippen molar-refractivity contribution in [3.05, 3.63) is 34.3 Å². The summed E-state index contributed by atoms with van der Waals surface area (Å²) in [5.74, 6) is 0. The Labute approximate surface area is 104 Å². The van der Waals surface area contributed by atoms with Crippen molar-refractivity contribution in [3.8, 4) is 0 Å². The maximum absolute atomic E-state index is 11.7. The molecule has 0 radical (unpaired) electrons. The number of nitrogens with one attached hydrogen (secondary N) is 1. The molecule has 1 heterocycles. The smallest absolute Gasteiger partial charge is 0.317 e. The van der Waals surface area contributed by atoms with Crippen LogP contribution in [0, 0.1) is 0 Å². The van der Waals surface area contributed by atoms with Crippen LogP contribution in [0.5, 0.6) is 0 Å².